The van der Waals surface area contributed by atoms with Crippen LogP contribution in [0.25, 0.3) is 0 Å². The van der Waals surface area contributed by atoms with E-state index in [0.29, 0.717) is 6.61 Å². The highest BCUT2D eigenvalue weighted by atomic mass is 79.9. The molecule has 1 unspecified atom stereocenters. The number of methoxy groups -OCH3 is 1. The lowest BCUT2D eigenvalue weighted by Crippen LogP contribution is -2.31. The largest absolute Gasteiger partial charge is 0.383 e. The third kappa shape index (κ3) is 4.77. The minimum Gasteiger partial charge on any atom is -0.383 e. The van der Waals surface area contributed by atoms with Gasteiger partial charge in [0.25, 0.3) is 0 Å². The highest BCUT2D eigenvalue weighted by Crippen LogP contribution is 2.32. The zero-order valence-corrected chi connectivity index (χ0v) is 14.4. The van der Waals surface area contributed by atoms with Crippen molar-refractivity contribution >= 4 is 15.9 Å². The van der Waals surface area contributed by atoms with Crippen LogP contribution in [0.1, 0.15) is 56.7 Å². The maximum Gasteiger partial charge on any atom is 0.0710 e. The van der Waals surface area contributed by atoms with Crippen molar-refractivity contribution < 1.29 is 4.74 Å². The lowest BCUT2D eigenvalue weighted by Gasteiger charge is -2.24. The summed E-state index contributed by atoms with van der Waals surface area (Å²) in [6, 6.07) is 0.139. The molecule has 21 heavy (non-hydrogen) atoms. The smallest absolute Gasteiger partial charge is 0.0710 e. The Morgan fingerprint density at radius 1 is 1.48 bits per heavy atom. The van der Waals surface area contributed by atoms with Gasteiger partial charge in [-0.05, 0) is 34.7 Å². The second-order valence-electron chi connectivity index (χ2n) is 5.89. The van der Waals surface area contributed by atoms with Gasteiger partial charge in [-0.3, -0.25) is 16.0 Å². The fourth-order valence-electron chi connectivity index (χ4n) is 3.25. The third-order valence-electron chi connectivity index (χ3n) is 4.46. The van der Waals surface area contributed by atoms with Crippen LogP contribution in [-0.4, -0.2) is 23.5 Å². The Kier molecular flexibility index (Phi) is 7.16. The van der Waals surface area contributed by atoms with Crippen molar-refractivity contribution in [3.8, 4) is 0 Å². The molecule has 1 saturated carbocycles. The zero-order chi connectivity index (χ0) is 15.1. The topological polar surface area (TPSA) is 65.1 Å². The Labute approximate surface area is 135 Å². The first-order valence-electron chi connectivity index (χ1n) is 7.92. The average molecular weight is 359 g/mol. The molecule has 0 bridgehead atoms. The molecule has 1 heterocycles. The van der Waals surface area contributed by atoms with Crippen LogP contribution in [0.2, 0.25) is 0 Å². The van der Waals surface area contributed by atoms with E-state index in [4.69, 9.17) is 10.6 Å². The summed E-state index contributed by atoms with van der Waals surface area (Å²) in [6.45, 7) is 1.40. The van der Waals surface area contributed by atoms with E-state index in [1.165, 1.54) is 38.5 Å². The molecule has 1 aromatic rings. The fraction of sp³-hybridized carbons (Fsp3) is 0.800. The van der Waals surface area contributed by atoms with Crippen molar-refractivity contribution in [2.45, 2.75) is 57.5 Å². The number of aromatic nitrogens is 2. The molecular weight excluding hydrogens is 332 g/mol. The van der Waals surface area contributed by atoms with E-state index >= 15 is 0 Å². The monoisotopic (exact) mass is 358 g/mol. The molecule has 1 atom stereocenters. The molecule has 1 aromatic heterocycles. The van der Waals surface area contributed by atoms with Gasteiger partial charge in [-0.15, -0.1) is 0 Å². The lowest BCUT2D eigenvalue weighted by molar-refractivity contribution is 0.181. The fourth-order valence-corrected chi connectivity index (χ4v) is 3.82. The number of halogens is 1. The van der Waals surface area contributed by atoms with E-state index in [0.717, 1.165) is 29.1 Å². The maximum absolute atomic E-state index is 5.80. The number of rotatable bonds is 8. The van der Waals surface area contributed by atoms with Crippen LogP contribution in [0.15, 0.2) is 10.7 Å². The van der Waals surface area contributed by atoms with Crippen molar-refractivity contribution in [2.24, 2.45) is 11.8 Å². The standard InChI is InChI=1S/C15H27BrN4O/c1-21-10-9-20-15(13(16)11-18-20)14(19-17)8-7-12-5-3-2-4-6-12/h11-12,14,19H,2-10,17H2,1H3. The van der Waals surface area contributed by atoms with Gasteiger partial charge in [0, 0.05) is 7.11 Å². The molecule has 1 aliphatic carbocycles. The van der Waals surface area contributed by atoms with Crippen LogP contribution in [0.4, 0.5) is 0 Å². The van der Waals surface area contributed by atoms with E-state index in [9.17, 15) is 0 Å². The zero-order valence-electron chi connectivity index (χ0n) is 12.9. The highest BCUT2D eigenvalue weighted by Gasteiger charge is 2.21. The molecule has 2 rings (SSSR count). The number of hydrazine groups is 1. The molecule has 0 amide bonds. The summed E-state index contributed by atoms with van der Waals surface area (Å²) in [5.74, 6) is 6.67. The Bertz CT molecular complexity index is 418. The first-order valence-corrected chi connectivity index (χ1v) is 8.71. The minimum absolute atomic E-state index is 0.139. The van der Waals surface area contributed by atoms with Crippen LogP contribution in [-0.2, 0) is 11.3 Å². The van der Waals surface area contributed by atoms with Gasteiger partial charge in [-0.25, -0.2) is 0 Å². The summed E-state index contributed by atoms with van der Waals surface area (Å²) >= 11 is 3.60. The van der Waals surface area contributed by atoms with Gasteiger partial charge in [0.1, 0.15) is 0 Å². The van der Waals surface area contributed by atoms with Crippen molar-refractivity contribution in [1.82, 2.24) is 15.2 Å². The van der Waals surface area contributed by atoms with Gasteiger partial charge in [-0.2, -0.15) is 5.10 Å². The molecule has 120 valence electrons. The molecule has 1 aliphatic rings. The van der Waals surface area contributed by atoms with Gasteiger partial charge >= 0.3 is 0 Å². The summed E-state index contributed by atoms with van der Waals surface area (Å²) in [5, 5.41) is 4.41. The number of hydrogen-bond donors (Lipinski definition) is 2. The summed E-state index contributed by atoms with van der Waals surface area (Å²) in [7, 11) is 1.71. The van der Waals surface area contributed by atoms with Crippen LogP contribution >= 0.6 is 15.9 Å². The molecule has 6 heteroatoms. The van der Waals surface area contributed by atoms with Crippen molar-refractivity contribution in [3.63, 3.8) is 0 Å². The molecule has 5 nitrogen and oxygen atoms in total. The van der Waals surface area contributed by atoms with Crippen molar-refractivity contribution in [1.29, 1.82) is 0 Å². The van der Waals surface area contributed by atoms with E-state index in [-0.39, 0.29) is 6.04 Å². The number of ether oxygens (including phenoxy) is 1. The predicted octanol–water partition coefficient (Wildman–Crippen LogP) is 3.16. The normalized spacial score (nSPS) is 18.0. The number of nitrogens with one attached hydrogen (secondary N) is 1. The average Bonchev–Trinajstić information content (AvgIpc) is 2.88. The molecule has 0 radical (unpaired) electrons. The maximum atomic E-state index is 5.80. The van der Waals surface area contributed by atoms with E-state index in [2.05, 4.69) is 26.5 Å². The van der Waals surface area contributed by atoms with E-state index in [1.54, 1.807) is 7.11 Å². The lowest BCUT2D eigenvalue weighted by atomic mass is 9.85. The van der Waals surface area contributed by atoms with Crippen LogP contribution in [0.3, 0.4) is 0 Å². The van der Waals surface area contributed by atoms with Crippen LogP contribution in [0.5, 0.6) is 0 Å². The Morgan fingerprint density at radius 2 is 2.24 bits per heavy atom. The Balaban J connectivity index is 1.97. The van der Waals surface area contributed by atoms with Gasteiger partial charge in [0.15, 0.2) is 0 Å². The summed E-state index contributed by atoms with van der Waals surface area (Å²) < 4.78 is 8.15. The third-order valence-corrected chi connectivity index (χ3v) is 5.07. The Morgan fingerprint density at radius 3 is 2.90 bits per heavy atom. The number of hydrogen-bond acceptors (Lipinski definition) is 4. The molecule has 0 aliphatic heterocycles. The second kappa shape index (κ2) is 8.88. The predicted molar refractivity (Wildman–Crippen MR) is 87.7 cm³/mol. The number of nitrogens with two attached hydrogens (primary N) is 1. The quantitative estimate of drug-likeness (QED) is 0.553. The van der Waals surface area contributed by atoms with Crippen LogP contribution < -0.4 is 11.3 Å². The Hall–Kier alpha value is -0.430. The SMILES string of the molecule is COCCn1ncc(Br)c1C(CCC1CCCCC1)NN. The summed E-state index contributed by atoms with van der Waals surface area (Å²) in [4.78, 5) is 0. The molecule has 3 N–H and O–H groups in total. The van der Waals surface area contributed by atoms with Gasteiger partial charge in [0.2, 0.25) is 0 Å². The van der Waals surface area contributed by atoms with E-state index < -0.39 is 0 Å². The highest BCUT2D eigenvalue weighted by molar-refractivity contribution is 9.10. The van der Waals surface area contributed by atoms with Gasteiger partial charge in [0.05, 0.1) is 35.6 Å². The van der Waals surface area contributed by atoms with Gasteiger partial charge in [-0.1, -0.05) is 32.1 Å². The van der Waals surface area contributed by atoms with Crippen molar-refractivity contribution in [2.75, 3.05) is 13.7 Å². The first kappa shape index (κ1) is 16.9. The van der Waals surface area contributed by atoms with Crippen molar-refractivity contribution in [3.05, 3.63) is 16.4 Å². The number of nitrogens with zero attached hydrogens (tertiary/aromatic N) is 2. The van der Waals surface area contributed by atoms with Crippen LogP contribution in [0, 0.1) is 5.92 Å². The summed E-state index contributed by atoms with van der Waals surface area (Å²) in [5.41, 5.74) is 4.10. The molecular formula is C15H27BrN4O. The summed E-state index contributed by atoms with van der Waals surface area (Å²) in [6.07, 6.45) is 11.1. The minimum atomic E-state index is 0.139. The first-order chi connectivity index (χ1) is 10.3. The molecule has 0 spiro atoms. The van der Waals surface area contributed by atoms with E-state index in [1.807, 2.05) is 10.9 Å². The van der Waals surface area contributed by atoms with Gasteiger partial charge < -0.3 is 4.74 Å². The molecule has 0 aromatic carbocycles. The molecule has 0 saturated heterocycles. The molecule has 1 fully saturated rings. The second-order valence-corrected chi connectivity index (χ2v) is 6.75.